The monoisotopic (exact) mass is 655 g/mol. The standard InChI is InChI=1S/C48H49NO/c1-46(2)22-23-47(3,4)45-41(46)16-11-17-42(45)49(37-14-9-6-10-15-37)38-19-21-40-44(30-38)50-43-29-34(33-12-7-5-8-13-33)18-20-39(43)48(40)35-25-31-24-32(27-35)28-36(48)26-31/h5-21,29-32,35-36H,22-28H2,1-4H3. The van der Waals surface area contributed by atoms with E-state index in [9.17, 15) is 0 Å². The fourth-order valence-corrected chi connectivity index (χ4v) is 11.8. The summed E-state index contributed by atoms with van der Waals surface area (Å²) in [7, 11) is 0. The maximum atomic E-state index is 7.19. The van der Waals surface area contributed by atoms with Crippen molar-refractivity contribution in [3.05, 3.63) is 138 Å². The Bertz CT molecular complexity index is 2080. The van der Waals surface area contributed by atoms with Crippen LogP contribution in [0.25, 0.3) is 11.1 Å². The molecule has 1 heterocycles. The lowest BCUT2D eigenvalue weighted by atomic mass is 9.42. The second-order valence-corrected chi connectivity index (χ2v) is 17.7. The summed E-state index contributed by atoms with van der Waals surface area (Å²) in [6, 6.07) is 43.3. The lowest BCUT2D eigenvalue weighted by Crippen LogP contribution is -2.57. The van der Waals surface area contributed by atoms with E-state index in [1.807, 2.05) is 0 Å². The zero-order valence-corrected chi connectivity index (χ0v) is 30.1. The molecule has 2 heteroatoms. The van der Waals surface area contributed by atoms with Crippen molar-refractivity contribution in [2.75, 3.05) is 4.90 Å². The number of ether oxygens (including phenoxy) is 1. The zero-order chi connectivity index (χ0) is 33.8. The van der Waals surface area contributed by atoms with Gasteiger partial charge in [0, 0.05) is 34.0 Å². The van der Waals surface area contributed by atoms with Gasteiger partial charge in [-0.05, 0) is 132 Å². The number of anilines is 3. The van der Waals surface area contributed by atoms with E-state index >= 15 is 0 Å². The van der Waals surface area contributed by atoms with Crippen molar-refractivity contribution in [2.45, 2.75) is 88.9 Å². The first kappa shape index (κ1) is 30.5. The van der Waals surface area contributed by atoms with Crippen molar-refractivity contribution in [3.63, 3.8) is 0 Å². The van der Waals surface area contributed by atoms with Gasteiger partial charge in [-0.15, -0.1) is 0 Å². The first-order valence-electron chi connectivity index (χ1n) is 19.2. The molecule has 0 N–H and O–H groups in total. The molecule has 50 heavy (non-hydrogen) atoms. The second kappa shape index (κ2) is 10.8. The van der Waals surface area contributed by atoms with Crippen LogP contribution in [-0.2, 0) is 16.2 Å². The number of fused-ring (bicyclic) bond motifs is 3. The molecule has 0 unspecified atom stereocenters. The molecule has 0 radical (unpaired) electrons. The molecule has 252 valence electrons. The van der Waals surface area contributed by atoms with Gasteiger partial charge in [0.15, 0.2) is 0 Å². The van der Waals surface area contributed by atoms with E-state index in [0.717, 1.165) is 23.3 Å². The normalized spacial score (nSPS) is 27.6. The zero-order valence-electron chi connectivity index (χ0n) is 30.1. The van der Waals surface area contributed by atoms with Crippen LogP contribution in [0.4, 0.5) is 17.1 Å². The van der Waals surface area contributed by atoms with Gasteiger partial charge in [-0.25, -0.2) is 0 Å². The predicted molar refractivity (Wildman–Crippen MR) is 206 cm³/mol. The molecule has 0 amide bonds. The number of nitrogens with zero attached hydrogens (tertiary/aromatic N) is 1. The minimum atomic E-state index is 0.0135. The van der Waals surface area contributed by atoms with Gasteiger partial charge < -0.3 is 9.64 Å². The fraction of sp³-hybridized carbons (Fsp3) is 0.375. The highest BCUT2D eigenvalue weighted by molar-refractivity contribution is 5.82. The minimum absolute atomic E-state index is 0.0135. The third-order valence-electron chi connectivity index (χ3n) is 13.9. The van der Waals surface area contributed by atoms with Crippen molar-refractivity contribution < 1.29 is 4.74 Å². The van der Waals surface area contributed by atoms with Gasteiger partial charge in [0.2, 0.25) is 0 Å². The summed E-state index contributed by atoms with van der Waals surface area (Å²) in [5, 5.41) is 0. The van der Waals surface area contributed by atoms with Crippen LogP contribution in [0.2, 0.25) is 0 Å². The molecule has 5 aromatic carbocycles. The number of para-hydroxylation sites is 1. The van der Waals surface area contributed by atoms with Crippen LogP contribution < -0.4 is 9.64 Å². The smallest absolute Gasteiger partial charge is 0.133 e. The molecule has 4 saturated carbocycles. The molecule has 11 rings (SSSR count). The summed E-state index contributed by atoms with van der Waals surface area (Å²) in [4.78, 5) is 2.52. The third kappa shape index (κ3) is 4.39. The Morgan fingerprint density at radius 3 is 1.84 bits per heavy atom. The Balaban J connectivity index is 1.18. The summed E-state index contributed by atoms with van der Waals surface area (Å²) in [5.74, 6) is 5.25. The Hall–Kier alpha value is -4.30. The largest absolute Gasteiger partial charge is 0.457 e. The van der Waals surface area contributed by atoms with Crippen LogP contribution in [0.3, 0.4) is 0 Å². The maximum absolute atomic E-state index is 7.19. The Kier molecular flexibility index (Phi) is 6.62. The molecular weight excluding hydrogens is 607 g/mol. The van der Waals surface area contributed by atoms with Crippen LogP contribution >= 0.6 is 0 Å². The van der Waals surface area contributed by atoms with Gasteiger partial charge in [0.25, 0.3) is 0 Å². The van der Waals surface area contributed by atoms with E-state index in [1.165, 1.54) is 95.4 Å². The van der Waals surface area contributed by atoms with E-state index in [0.29, 0.717) is 11.8 Å². The molecule has 0 saturated heterocycles. The Morgan fingerprint density at radius 2 is 1.14 bits per heavy atom. The van der Waals surface area contributed by atoms with E-state index in [-0.39, 0.29) is 16.2 Å². The van der Waals surface area contributed by atoms with Crippen LogP contribution in [0.5, 0.6) is 11.5 Å². The summed E-state index contributed by atoms with van der Waals surface area (Å²) < 4.78 is 7.19. The van der Waals surface area contributed by atoms with Gasteiger partial charge in [-0.1, -0.05) is 107 Å². The Labute approximate surface area is 298 Å². The van der Waals surface area contributed by atoms with E-state index < -0.39 is 0 Å². The highest BCUT2D eigenvalue weighted by Crippen LogP contribution is 2.69. The number of hydrogen-bond acceptors (Lipinski definition) is 2. The van der Waals surface area contributed by atoms with Gasteiger partial charge in [0.05, 0.1) is 5.69 Å². The van der Waals surface area contributed by atoms with E-state index in [2.05, 4.69) is 148 Å². The molecule has 6 aliphatic rings. The summed E-state index contributed by atoms with van der Waals surface area (Å²) >= 11 is 0. The molecular formula is C48H49NO. The second-order valence-electron chi connectivity index (χ2n) is 17.7. The first-order valence-corrected chi connectivity index (χ1v) is 19.2. The van der Waals surface area contributed by atoms with Crippen molar-refractivity contribution in [2.24, 2.45) is 23.7 Å². The van der Waals surface area contributed by atoms with Crippen molar-refractivity contribution in [3.8, 4) is 22.6 Å². The molecule has 4 bridgehead atoms. The number of hydrogen-bond donors (Lipinski definition) is 0. The van der Waals surface area contributed by atoms with Gasteiger partial charge in [-0.3, -0.25) is 0 Å². The maximum Gasteiger partial charge on any atom is 0.133 e. The average Bonchev–Trinajstić information content (AvgIpc) is 3.12. The van der Waals surface area contributed by atoms with Crippen LogP contribution in [0.1, 0.15) is 94.9 Å². The van der Waals surface area contributed by atoms with Gasteiger partial charge in [0.1, 0.15) is 11.5 Å². The molecule has 2 nitrogen and oxygen atoms in total. The van der Waals surface area contributed by atoms with Crippen LogP contribution in [0, 0.1) is 23.7 Å². The van der Waals surface area contributed by atoms with E-state index in [4.69, 9.17) is 4.74 Å². The summed E-state index contributed by atoms with van der Waals surface area (Å²) in [5.41, 5.74) is 12.2. The molecule has 0 atom stereocenters. The fourth-order valence-electron chi connectivity index (χ4n) is 11.8. The molecule has 1 spiro atoms. The minimum Gasteiger partial charge on any atom is -0.457 e. The molecule has 5 aliphatic carbocycles. The highest BCUT2D eigenvalue weighted by atomic mass is 16.5. The third-order valence-corrected chi connectivity index (χ3v) is 13.9. The topological polar surface area (TPSA) is 12.5 Å². The van der Waals surface area contributed by atoms with Gasteiger partial charge in [-0.2, -0.15) is 0 Å². The number of rotatable bonds is 4. The van der Waals surface area contributed by atoms with E-state index in [1.54, 1.807) is 0 Å². The molecule has 1 aliphatic heterocycles. The van der Waals surface area contributed by atoms with Crippen LogP contribution in [-0.4, -0.2) is 0 Å². The quantitative estimate of drug-likeness (QED) is 0.191. The predicted octanol–water partition coefficient (Wildman–Crippen LogP) is 13.0. The Morgan fingerprint density at radius 1 is 0.520 bits per heavy atom. The average molecular weight is 656 g/mol. The summed E-state index contributed by atoms with van der Waals surface area (Å²) in [6.45, 7) is 9.74. The molecule has 4 fully saturated rings. The molecule has 0 aromatic heterocycles. The molecule has 5 aromatic rings. The SMILES string of the molecule is CC1(C)CCC(C)(C)c2c(N(c3ccccc3)c3ccc4c(c3)Oc3cc(-c5ccccc5)ccc3C43C4CC5CC(C4)CC3C5)cccc21. The van der Waals surface area contributed by atoms with Crippen LogP contribution in [0.15, 0.2) is 115 Å². The lowest BCUT2D eigenvalue weighted by molar-refractivity contribution is -0.0452. The summed E-state index contributed by atoms with van der Waals surface area (Å²) in [6.07, 6.45) is 9.23. The lowest BCUT2D eigenvalue weighted by Gasteiger charge is -2.63. The number of benzene rings is 5. The van der Waals surface area contributed by atoms with Crippen molar-refractivity contribution >= 4 is 17.1 Å². The highest BCUT2D eigenvalue weighted by Gasteiger charge is 2.61. The van der Waals surface area contributed by atoms with Crippen molar-refractivity contribution in [1.29, 1.82) is 0 Å². The van der Waals surface area contributed by atoms with Crippen molar-refractivity contribution in [1.82, 2.24) is 0 Å². The first-order chi connectivity index (χ1) is 24.2. The van der Waals surface area contributed by atoms with Gasteiger partial charge >= 0.3 is 0 Å².